The number of piperidine rings is 2. The summed E-state index contributed by atoms with van der Waals surface area (Å²) in [6.07, 6.45) is 0.554. The van der Waals surface area contributed by atoms with Crippen molar-refractivity contribution < 1.29 is 27.6 Å². The summed E-state index contributed by atoms with van der Waals surface area (Å²) in [4.78, 5) is 43.5. The second-order valence-electron chi connectivity index (χ2n) is 11.4. The van der Waals surface area contributed by atoms with Crippen molar-refractivity contribution in [2.45, 2.75) is 50.4 Å². The predicted molar refractivity (Wildman–Crippen MR) is 151 cm³/mol. The van der Waals surface area contributed by atoms with Crippen molar-refractivity contribution in [1.82, 2.24) is 20.0 Å². The minimum Gasteiger partial charge on any atom is -0.368 e. The van der Waals surface area contributed by atoms with E-state index in [1.54, 1.807) is 17.0 Å². The van der Waals surface area contributed by atoms with Gasteiger partial charge < -0.3 is 9.80 Å². The lowest BCUT2D eigenvalue weighted by Crippen LogP contribution is -2.61. The highest BCUT2D eigenvalue weighted by Crippen LogP contribution is 2.36. The van der Waals surface area contributed by atoms with Crippen LogP contribution >= 0.6 is 23.2 Å². The molecule has 2 aromatic carbocycles. The van der Waals surface area contributed by atoms with E-state index in [4.69, 9.17) is 23.2 Å². The summed E-state index contributed by atoms with van der Waals surface area (Å²) in [6, 6.07) is 6.34. The Morgan fingerprint density at radius 3 is 2.48 bits per heavy atom. The van der Waals surface area contributed by atoms with E-state index in [0.29, 0.717) is 48.3 Å². The number of fused-ring (bicyclic) bond motifs is 1. The average molecular weight is 624 g/mol. The first-order valence-corrected chi connectivity index (χ1v) is 14.8. The number of likely N-dealkylation sites (tertiary alicyclic amines) is 1. The van der Waals surface area contributed by atoms with Gasteiger partial charge in [-0.2, -0.15) is 0 Å². The van der Waals surface area contributed by atoms with Gasteiger partial charge in [-0.15, -0.1) is 0 Å². The molecule has 3 fully saturated rings. The fourth-order valence-electron chi connectivity index (χ4n) is 6.60. The first kappa shape index (κ1) is 29.2. The Labute approximate surface area is 251 Å². The van der Waals surface area contributed by atoms with E-state index >= 15 is 13.2 Å². The minimum atomic E-state index is -3.00. The molecule has 224 valence electrons. The molecule has 3 amide bonds. The van der Waals surface area contributed by atoms with Crippen molar-refractivity contribution in [3.05, 3.63) is 62.9 Å². The number of hydrogen-bond donors (Lipinski definition) is 1. The second-order valence-corrected chi connectivity index (χ2v) is 12.2. The lowest BCUT2D eigenvalue weighted by atomic mass is 9.97. The molecule has 1 N–H and O–H groups in total. The molecule has 0 aliphatic carbocycles. The first-order chi connectivity index (χ1) is 20.0. The number of benzene rings is 2. The molecule has 4 heterocycles. The van der Waals surface area contributed by atoms with Gasteiger partial charge in [-0.3, -0.25) is 29.5 Å². The number of nitrogens with one attached hydrogen (secondary N) is 1. The fourth-order valence-corrected chi connectivity index (χ4v) is 7.01. The smallest absolute Gasteiger partial charge is 0.275 e. The van der Waals surface area contributed by atoms with Gasteiger partial charge in [0, 0.05) is 63.4 Å². The van der Waals surface area contributed by atoms with Crippen molar-refractivity contribution in [3.63, 3.8) is 0 Å². The van der Waals surface area contributed by atoms with Crippen LogP contribution in [0.2, 0.25) is 10.0 Å². The number of alkyl halides is 2. The van der Waals surface area contributed by atoms with E-state index in [1.807, 2.05) is 17.0 Å². The Hall–Kier alpha value is -2.86. The van der Waals surface area contributed by atoms with Crippen LogP contribution in [-0.4, -0.2) is 89.7 Å². The van der Waals surface area contributed by atoms with Crippen LogP contribution in [0.5, 0.6) is 0 Å². The Kier molecular flexibility index (Phi) is 7.88. The molecule has 3 saturated heterocycles. The van der Waals surface area contributed by atoms with Gasteiger partial charge in [-0.25, -0.2) is 13.2 Å². The van der Waals surface area contributed by atoms with Gasteiger partial charge in [0.15, 0.2) is 0 Å². The highest BCUT2D eigenvalue weighted by Gasteiger charge is 2.48. The van der Waals surface area contributed by atoms with Gasteiger partial charge in [0.1, 0.15) is 11.9 Å². The number of piperazine rings is 1. The zero-order valence-electron chi connectivity index (χ0n) is 22.7. The number of anilines is 1. The van der Waals surface area contributed by atoms with E-state index in [0.717, 1.165) is 11.8 Å². The number of nitrogens with zero attached hydrogens (tertiary/aromatic N) is 4. The third-order valence-corrected chi connectivity index (χ3v) is 9.56. The molecule has 0 spiro atoms. The predicted octanol–water partition coefficient (Wildman–Crippen LogP) is 3.93. The molecule has 0 saturated carbocycles. The summed E-state index contributed by atoms with van der Waals surface area (Å²) in [7, 11) is 0. The highest BCUT2D eigenvalue weighted by atomic mass is 35.5. The molecule has 2 unspecified atom stereocenters. The summed E-state index contributed by atoms with van der Waals surface area (Å²) in [6.45, 7) is 1.96. The second kappa shape index (κ2) is 11.3. The Bertz CT molecular complexity index is 1440. The lowest BCUT2D eigenvalue weighted by molar-refractivity contribution is -0.137. The summed E-state index contributed by atoms with van der Waals surface area (Å²) in [5.41, 5.74) is 1.72. The third-order valence-electron chi connectivity index (χ3n) is 8.75. The minimum absolute atomic E-state index is 0.0188. The van der Waals surface area contributed by atoms with Crippen LogP contribution in [0.3, 0.4) is 0 Å². The number of carbonyl (C=O) groups excluding carboxylic acids is 3. The molecule has 0 bridgehead atoms. The van der Waals surface area contributed by atoms with Crippen molar-refractivity contribution >= 4 is 46.6 Å². The standard InChI is InChI=1S/C29H30Cl2F3N5O3/c30-20-2-1-3-22(26(20)31)37-8-10-38(11-9-37)24-6-7-36(16-29(24,33)34)14-18-12-17-15-39(28(42)19(17)13-21(18)32)23-4-5-25(40)35-27(23)41/h1-3,12-13,23-24H,4-11,14-16H2,(H,35,40,41). The van der Waals surface area contributed by atoms with E-state index in [1.165, 1.54) is 4.90 Å². The molecular formula is C29H30Cl2F3N5O3. The molecule has 0 radical (unpaired) electrons. The Balaban J connectivity index is 1.08. The van der Waals surface area contributed by atoms with E-state index in [-0.39, 0.29) is 49.4 Å². The Morgan fingerprint density at radius 2 is 1.76 bits per heavy atom. The van der Waals surface area contributed by atoms with Gasteiger partial charge in [-0.1, -0.05) is 29.3 Å². The Morgan fingerprint density at radius 1 is 1.00 bits per heavy atom. The number of amides is 3. The summed E-state index contributed by atoms with van der Waals surface area (Å²) < 4.78 is 46.1. The maximum atomic E-state index is 15.5. The molecule has 0 aromatic heterocycles. The van der Waals surface area contributed by atoms with Crippen LogP contribution in [0, 0.1) is 5.82 Å². The number of carbonyl (C=O) groups is 3. The van der Waals surface area contributed by atoms with Gasteiger partial charge in [0.05, 0.1) is 28.3 Å². The topological polar surface area (TPSA) is 76.2 Å². The monoisotopic (exact) mass is 623 g/mol. The van der Waals surface area contributed by atoms with E-state index in [9.17, 15) is 14.4 Å². The SMILES string of the molecule is O=C1CCC(N2Cc3cc(CN4CCC(N5CCN(c6cccc(Cl)c6Cl)CC5)C(F)(F)C4)c(F)cc3C2=O)C(=O)N1. The maximum absolute atomic E-state index is 15.5. The highest BCUT2D eigenvalue weighted by molar-refractivity contribution is 6.43. The summed E-state index contributed by atoms with van der Waals surface area (Å²) in [5.74, 6) is -5.06. The van der Waals surface area contributed by atoms with Crippen molar-refractivity contribution in [2.75, 3.05) is 44.2 Å². The number of hydrogen-bond acceptors (Lipinski definition) is 6. The van der Waals surface area contributed by atoms with Gasteiger partial charge in [0.2, 0.25) is 11.8 Å². The molecule has 4 aliphatic heterocycles. The first-order valence-electron chi connectivity index (χ1n) is 14.0. The van der Waals surface area contributed by atoms with E-state index < -0.39 is 42.2 Å². The average Bonchev–Trinajstić information content (AvgIpc) is 3.25. The van der Waals surface area contributed by atoms with Crippen LogP contribution in [0.25, 0.3) is 0 Å². The fraction of sp³-hybridized carbons (Fsp3) is 0.483. The van der Waals surface area contributed by atoms with Crippen molar-refractivity contribution in [2.24, 2.45) is 0 Å². The molecule has 4 aliphatic rings. The molecule has 6 rings (SSSR count). The van der Waals surface area contributed by atoms with Crippen LogP contribution in [0.4, 0.5) is 18.9 Å². The third kappa shape index (κ3) is 5.47. The zero-order chi connectivity index (χ0) is 29.8. The van der Waals surface area contributed by atoms with Crippen LogP contribution < -0.4 is 10.2 Å². The number of imide groups is 1. The maximum Gasteiger partial charge on any atom is 0.275 e. The summed E-state index contributed by atoms with van der Waals surface area (Å²) >= 11 is 12.5. The number of halogens is 5. The van der Waals surface area contributed by atoms with E-state index in [2.05, 4.69) is 10.2 Å². The van der Waals surface area contributed by atoms with Crippen LogP contribution in [0.1, 0.15) is 40.7 Å². The molecule has 2 aromatic rings. The van der Waals surface area contributed by atoms with Gasteiger partial charge >= 0.3 is 0 Å². The summed E-state index contributed by atoms with van der Waals surface area (Å²) in [5, 5.41) is 3.15. The molecule has 2 atom stereocenters. The normalized spacial score (nSPS) is 25.1. The zero-order valence-corrected chi connectivity index (χ0v) is 24.2. The van der Waals surface area contributed by atoms with Crippen LogP contribution in [0.15, 0.2) is 30.3 Å². The van der Waals surface area contributed by atoms with Gasteiger partial charge in [-0.05, 0) is 42.7 Å². The molecule has 42 heavy (non-hydrogen) atoms. The molecular weight excluding hydrogens is 594 g/mol. The van der Waals surface area contributed by atoms with Crippen molar-refractivity contribution in [1.29, 1.82) is 0 Å². The molecule has 13 heteroatoms. The number of rotatable bonds is 5. The molecule has 8 nitrogen and oxygen atoms in total. The van der Waals surface area contributed by atoms with Gasteiger partial charge in [0.25, 0.3) is 11.8 Å². The lowest BCUT2D eigenvalue weighted by Gasteiger charge is -2.46. The quantitative estimate of drug-likeness (QED) is 0.509. The van der Waals surface area contributed by atoms with Crippen molar-refractivity contribution in [3.8, 4) is 0 Å². The largest absolute Gasteiger partial charge is 0.368 e. The van der Waals surface area contributed by atoms with Crippen LogP contribution in [-0.2, 0) is 22.7 Å².